The third-order valence-electron chi connectivity index (χ3n) is 9.05. The Balaban J connectivity index is 1.20. The Bertz CT molecular complexity index is 1090. The van der Waals surface area contributed by atoms with Crippen LogP contribution in [0, 0.1) is 13.8 Å². The number of fused-ring (bicyclic) bond motifs is 1. The van der Waals surface area contributed by atoms with Crippen molar-refractivity contribution in [2.45, 2.75) is 51.6 Å². The fourth-order valence-corrected chi connectivity index (χ4v) is 6.73. The molecule has 3 aliphatic rings. The summed E-state index contributed by atoms with van der Waals surface area (Å²) < 4.78 is 11.8. The van der Waals surface area contributed by atoms with E-state index >= 15 is 0 Å². The van der Waals surface area contributed by atoms with Crippen molar-refractivity contribution in [3.05, 3.63) is 52.0 Å². The lowest BCUT2D eigenvalue weighted by Crippen LogP contribution is -2.56. The molecule has 5 rings (SSSR count). The third kappa shape index (κ3) is 6.09. The molecule has 0 N–H and O–H groups in total. The van der Waals surface area contributed by atoms with Crippen LogP contribution in [0.15, 0.2) is 30.3 Å². The first-order valence-corrected chi connectivity index (χ1v) is 14.8. The Morgan fingerprint density at radius 3 is 2.53 bits per heavy atom. The van der Waals surface area contributed by atoms with E-state index in [0.717, 1.165) is 50.7 Å². The van der Waals surface area contributed by atoms with Crippen LogP contribution in [-0.4, -0.2) is 93.9 Å². The number of methoxy groups -OCH3 is 1. The largest absolute Gasteiger partial charge is 0.495 e. The minimum atomic E-state index is 0.487. The highest BCUT2D eigenvalue weighted by atomic mass is 35.5. The van der Waals surface area contributed by atoms with E-state index in [4.69, 9.17) is 21.1 Å². The van der Waals surface area contributed by atoms with Gasteiger partial charge in [-0.05, 0) is 81.5 Å². The van der Waals surface area contributed by atoms with E-state index < -0.39 is 0 Å². The van der Waals surface area contributed by atoms with E-state index in [0.29, 0.717) is 17.1 Å². The number of ether oxygens (including phenoxy) is 2. The molecule has 38 heavy (non-hydrogen) atoms. The zero-order chi connectivity index (χ0) is 26.6. The lowest BCUT2D eigenvalue weighted by Gasteiger charge is -2.49. The molecule has 3 aliphatic heterocycles. The normalized spacial score (nSPS) is 23.3. The first kappa shape index (κ1) is 27.6. The molecule has 0 saturated carbocycles. The molecule has 3 saturated heterocycles. The van der Waals surface area contributed by atoms with Crippen LogP contribution >= 0.6 is 11.6 Å². The fourth-order valence-electron chi connectivity index (χ4n) is 6.54. The number of hydrogen-bond acceptors (Lipinski definition) is 6. The van der Waals surface area contributed by atoms with Gasteiger partial charge >= 0.3 is 0 Å². The second kappa shape index (κ2) is 12.5. The Kier molecular flexibility index (Phi) is 9.04. The Morgan fingerprint density at radius 2 is 1.74 bits per heavy atom. The van der Waals surface area contributed by atoms with Gasteiger partial charge in [0.25, 0.3) is 0 Å². The van der Waals surface area contributed by atoms with Crippen LogP contribution in [-0.2, 0) is 0 Å². The van der Waals surface area contributed by atoms with Crippen LogP contribution in [0.2, 0.25) is 5.02 Å². The monoisotopic (exact) mass is 540 g/mol. The van der Waals surface area contributed by atoms with Crippen molar-refractivity contribution in [1.29, 1.82) is 0 Å². The van der Waals surface area contributed by atoms with Gasteiger partial charge in [-0.15, -0.1) is 0 Å². The van der Waals surface area contributed by atoms with Gasteiger partial charge in [-0.2, -0.15) is 0 Å². The predicted octanol–water partition coefficient (Wildman–Crippen LogP) is 5.40. The van der Waals surface area contributed by atoms with Gasteiger partial charge in [0.15, 0.2) is 0 Å². The van der Waals surface area contributed by atoms with Crippen molar-refractivity contribution >= 4 is 17.3 Å². The fraction of sp³-hybridized carbons (Fsp3) is 0.613. The predicted molar refractivity (Wildman–Crippen MR) is 157 cm³/mol. The zero-order valence-electron chi connectivity index (χ0n) is 23.7. The van der Waals surface area contributed by atoms with Crippen LogP contribution < -0.4 is 14.4 Å². The smallest absolute Gasteiger partial charge is 0.139 e. The zero-order valence-corrected chi connectivity index (χ0v) is 24.5. The average Bonchev–Trinajstić information content (AvgIpc) is 2.94. The highest BCUT2D eigenvalue weighted by molar-refractivity contribution is 6.32. The van der Waals surface area contributed by atoms with E-state index in [1.807, 2.05) is 6.07 Å². The molecule has 0 radical (unpaired) electrons. The van der Waals surface area contributed by atoms with Gasteiger partial charge in [0.05, 0.1) is 18.7 Å². The van der Waals surface area contributed by atoms with Crippen molar-refractivity contribution in [3.8, 4) is 11.5 Å². The van der Waals surface area contributed by atoms with Crippen LogP contribution in [0.4, 0.5) is 5.69 Å². The third-order valence-corrected chi connectivity index (χ3v) is 9.37. The molecule has 2 atom stereocenters. The summed E-state index contributed by atoms with van der Waals surface area (Å²) >= 11 is 6.28. The SMILES string of the molecule is COc1cc(N2CCN3C(CCC[C@@H]3c3ccc(OCCCN4CCN(C)CC4)c(C)c3C)C2)ccc1Cl. The molecule has 0 aromatic heterocycles. The van der Waals surface area contributed by atoms with Gasteiger partial charge in [-0.25, -0.2) is 0 Å². The highest BCUT2D eigenvalue weighted by Gasteiger charge is 2.36. The lowest BCUT2D eigenvalue weighted by molar-refractivity contribution is 0.0712. The molecule has 3 fully saturated rings. The lowest BCUT2D eigenvalue weighted by atomic mass is 9.86. The maximum absolute atomic E-state index is 6.29. The quantitative estimate of drug-likeness (QED) is 0.417. The van der Waals surface area contributed by atoms with Crippen molar-refractivity contribution in [1.82, 2.24) is 14.7 Å². The number of benzene rings is 2. The summed E-state index contributed by atoms with van der Waals surface area (Å²) in [6.45, 7) is 14.3. The Morgan fingerprint density at radius 1 is 0.921 bits per heavy atom. The molecule has 1 unspecified atom stereocenters. The van der Waals surface area contributed by atoms with Crippen LogP contribution in [0.25, 0.3) is 0 Å². The standard InChI is InChI=1S/C31H45ClN4O2/c1-23-24(2)30(38-20-6-13-34-16-14-33(3)15-17-34)12-10-27(23)29-8-5-7-26-22-35(18-19-36(26)29)25-9-11-28(32)31(21-25)37-4/h9-12,21,26,29H,5-8,13-20,22H2,1-4H3/t26?,29-/m1/s1. The minimum Gasteiger partial charge on any atom is -0.495 e. The number of hydrogen-bond donors (Lipinski definition) is 0. The summed E-state index contributed by atoms with van der Waals surface area (Å²) in [6, 6.07) is 11.8. The molecule has 3 heterocycles. The van der Waals surface area contributed by atoms with Gasteiger partial charge in [0, 0.05) is 76.2 Å². The van der Waals surface area contributed by atoms with Gasteiger partial charge in [-0.1, -0.05) is 17.7 Å². The van der Waals surface area contributed by atoms with E-state index in [-0.39, 0.29) is 0 Å². The van der Waals surface area contributed by atoms with E-state index in [1.165, 1.54) is 67.8 Å². The van der Waals surface area contributed by atoms with Crippen molar-refractivity contribution in [2.24, 2.45) is 0 Å². The number of halogens is 1. The van der Waals surface area contributed by atoms with Crippen LogP contribution in [0.1, 0.15) is 48.4 Å². The minimum absolute atomic E-state index is 0.487. The van der Waals surface area contributed by atoms with Crippen molar-refractivity contribution in [2.75, 3.05) is 78.0 Å². The number of piperazine rings is 2. The highest BCUT2D eigenvalue weighted by Crippen LogP contribution is 2.40. The maximum Gasteiger partial charge on any atom is 0.139 e. The van der Waals surface area contributed by atoms with Crippen LogP contribution in [0.3, 0.4) is 0 Å². The molecular weight excluding hydrogens is 496 g/mol. The number of anilines is 1. The first-order valence-electron chi connectivity index (χ1n) is 14.4. The summed E-state index contributed by atoms with van der Waals surface area (Å²) in [5.74, 6) is 1.80. The number of nitrogens with zero attached hydrogens (tertiary/aromatic N) is 4. The summed E-state index contributed by atoms with van der Waals surface area (Å²) in [5.41, 5.74) is 5.39. The Hall–Kier alpha value is -1.99. The summed E-state index contributed by atoms with van der Waals surface area (Å²) in [7, 11) is 3.89. The second-order valence-corrected chi connectivity index (χ2v) is 11.8. The molecule has 6 nitrogen and oxygen atoms in total. The van der Waals surface area contributed by atoms with Crippen molar-refractivity contribution in [3.63, 3.8) is 0 Å². The van der Waals surface area contributed by atoms with E-state index in [9.17, 15) is 0 Å². The molecule has 0 amide bonds. The van der Waals surface area contributed by atoms with E-state index in [2.05, 4.69) is 64.8 Å². The molecule has 208 valence electrons. The number of likely N-dealkylation sites (N-methyl/N-ethyl adjacent to an activating group) is 1. The topological polar surface area (TPSA) is 31.4 Å². The number of rotatable bonds is 8. The van der Waals surface area contributed by atoms with Crippen LogP contribution in [0.5, 0.6) is 11.5 Å². The van der Waals surface area contributed by atoms with Gasteiger partial charge in [0.1, 0.15) is 11.5 Å². The van der Waals surface area contributed by atoms with Gasteiger partial charge < -0.3 is 24.2 Å². The number of piperidine rings is 1. The summed E-state index contributed by atoms with van der Waals surface area (Å²) in [4.78, 5) is 10.2. The average molecular weight is 541 g/mol. The molecule has 2 aromatic rings. The molecule has 2 aromatic carbocycles. The molecule has 0 bridgehead atoms. The van der Waals surface area contributed by atoms with Crippen molar-refractivity contribution < 1.29 is 9.47 Å². The molecular formula is C31H45ClN4O2. The van der Waals surface area contributed by atoms with E-state index in [1.54, 1.807) is 7.11 Å². The maximum atomic E-state index is 6.29. The molecule has 7 heteroatoms. The molecule has 0 spiro atoms. The summed E-state index contributed by atoms with van der Waals surface area (Å²) in [5, 5.41) is 0.668. The summed E-state index contributed by atoms with van der Waals surface area (Å²) in [6.07, 6.45) is 4.84. The molecule has 0 aliphatic carbocycles. The van der Waals surface area contributed by atoms with Gasteiger partial charge in [0.2, 0.25) is 0 Å². The second-order valence-electron chi connectivity index (χ2n) is 11.4. The van der Waals surface area contributed by atoms with Gasteiger partial charge in [-0.3, -0.25) is 4.90 Å². The Labute approximate surface area is 234 Å². The first-order chi connectivity index (χ1) is 18.4.